The van der Waals surface area contributed by atoms with Gasteiger partial charge in [-0.15, -0.1) is 0 Å². The molecule has 0 saturated carbocycles. The number of nitrogens with one attached hydrogen (secondary N) is 1. The minimum absolute atomic E-state index is 0.299. The van der Waals surface area contributed by atoms with E-state index in [1.165, 1.54) is 12.1 Å². The Hall–Kier alpha value is -2.43. The predicted molar refractivity (Wildman–Crippen MR) is 69.8 cm³/mol. The lowest BCUT2D eigenvalue weighted by Gasteiger charge is -2.06. The Morgan fingerprint density at radius 2 is 2.21 bits per heavy atom. The van der Waals surface area contributed by atoms with Crippen LogP contribution in [-0.2, 0) is 0 Å². The van der Waals surface area contributed by atoms with Crippen molar-refractivity contribution in [1.29, 1.82) is 0 Å². The van der Waals surface area contributed by atoms with Crippen LogP contribution in [0, 0.1) is 5.82 Å². The summed E-state index contributed by atoms with van der Waals surface area (Å²) in [6.45, 7) is 2.40. The molecule has 0 unspecified atom stereocenters. The molecule has 0 saturated heterocycles. The highest BCUT2D eigenvalue weighted by molar-refractivity contribution is 6.03. The molecule has 0 fully saturated rings. The third-order valence-corrected chi connectivity index (χ3v) is 2.38. The van der Waals surface area contributed by atoms with Gasteiger partial charge in [0, 0.05) is 5.56 Å². The number of benzene rings is 1. The topological polar surface area (TPSA) is 51.2 Å². The van der Waals surface area contributed by atoms with Gasteiger partial charge in [-0.05, 0) is 37.3 Å². The molecule has 0 atom stereocenters. The lowest BCUT2D eigenvalue weighted by atomic mass is 10.2. The highest BCUT2D eigenvalue weighted by Gasteiger charge is 2.07. The van der Waals surface area contributed by atoms with Gasteiger partial charge in [0.25, 0.3) is 5.91 Å². The van der Waals surface area contributed by atoms with Crippen LogP contribution in [0.2, 0.25) is 0 Å². The Kier molecular flexibility index (Phi) is 4.07. The molecule has 1 N–H and O–H groups in total. The molecule has 1 aromatic carbocycles. The molecule has 4 nitrogen and oxygen atoms in total. The average Bonchev–Trinajstić information content (AvgIpc) is 2.42. The number of amides is 1. The van der Waals surface area contributed by atoms with Gasteiger partial charge in [-0.25, -0.2) is 9.37 Å². The van der Waals surface area contributed by atoms with Crippen LogP contribution < -0.4 is 10.1 Å². The summed E-state index contributed by atoms with van der Waals surface area (Å²) in [7, 11) is 0. The van der Waals surface area contributed by atoms with Crippen LogP contribution in [0.5, 0.6) is 5.75 Å². The summed E-state index contributed by atoms with van der Waals surface area (Å²) in [6, 6.07) is 9.46. The van der Waals surface area contributed by atoms with Crippen molar-refractivity contribution >= 4 is 11.7 Å². The fourth-order valence-corrected chi connectivity index (χ4v) is 1.53. The Morgan fingerprint density at radius 1 is 1.37 bits per heavy atom. The van der Waals surface area contributed by atoms with Gasteiger partial charge in [0.1, 0.15) is 17.4 Å². The number of hydrogen-bond acceptors (Lipinski definition) is 3. The van der Waals surface area contributed by atoms with Crippen molar-refractivity contribution in [3.05, 3.63) is 54.0 Å². The monoisotopic (exact) mass is 260 g/mol. The van der Waals surface area contributed by atoms with Crippen LogP contribution in [0.1, 0.15) is 17.3 Å². The Balaban J connectivity index is 2.11. The third-order valence-electron chi connectivity index (χ3n) is 2.38. The maximum atomic E-state index is 12.7. The number of anilines is 1. The Morgan fingerprint density at radius 3 is 2.89 bits per heavy atom. The Labute approximate surface area is 110 Å². The first kappa shape index (κ1) is 13.0. The van der Waals surface area contributed by atoms with Crippen LogP contribution >= 0.6 is 0 Å². The van der Waals surface area contributed by atoms with E-state index >= 15 is 0 Å². The first-order valence-electron chi connectivity index (χ1n) is 5.85. The van der Waals surface area contributed by atoms with Crippen molar-refractivity contribution in [2.45, 2.75) is 6.92 Å². The number of carbonyl (C=O) groups is 1. The average molecular weight is 260 g/mol. The number of aromatic nitrogens is 1. The van der Waals surface area contributed by atoms with Crippen molar-refractivity contribution in [3.8, 4) is 5.75 Å². The maximum absolute atomic E-state index is 12.7. The molecule has 0 aliphatic heterocycles. The number of halogens is 1. The number of ether oxygens (including phenoxy) is 1. The zero-order chi connectivity index (χ0) is 13.7. The number of carbonyl (C=O) groups excluding carboxylic acids is 1. The molecule has 5 heteroatoms. The minimum Gasteiger partial charge on any atom is -0.494 e. The highest BCUT2D eigenvalue weighted by atomic mass is 19.1. The summed E-state index contributed by atoms with van der Waals surface area (Å²) >= 11 is 0. The van der Waals surface area contributed by atoms with E-state index < -0.39 is 5.82 Å². The molecule has 0 aliphatic carbocycles. The van der Waals surface area contributed by atoms with Gasteiger partial charge in [0.2, 0.25) is 0 Å². The van der Waals surface area contributed by atoms with E-state index in [1.54, 1.807) is 24.3 Å². The van der Waals surface area contributed by atoms with Gasteiger partial charge < -0.3 is 10.1 Å². The fourth-order valence-electron chi connectivity index (χ4n) is 1.53. The van der Waals surface area contributed by atoms with Crippen LogP contribution in [0.3, 0.4) is 0 Å². The molecular weight excluding hydrogens is 247 g/mol. The first-order valence-corrected chi connectivity index (χ1v) is 5.85. The number of rotatable bonds is 4. The van der Waals surface area contributed by atoms with Crippen LogP contribution in [0.4, 0.5) is 10.2 Å². The molecule has 1 aromatic heterocycles. The predicted octanol–water partition coefficient (Wildman–Crippen LogP) is 2.87. The number of pyridine rings is 1. The van der Waals surface area contributed by atoms with E-state index in [4.69, 9.17) is 4.74 Å². The van der Waals surface area contributed by atoms with Crippen molar-refractivity contribution in [2.75, 3.05) is 11.9 Å². The summed E-state index contributed by atoms with van der Waals surface area (Å²) < 4.78 is 18.0. The van der Waals surface area contributed by atoms with Gasteiger partial charge >= 0.3 is 0 Å². The van der Waals surface area contributed by atoms with Crippen LogP contribution in [0.25, 0.3) is 0 Å². The Bertz CT molecular complexity index is 570. The van der Waals surface area contributed by atoms with E-state index in [2.05, 4.69) is 10.3 Å². The number of hydrogen-bond donors (Lipinski definition) is 1. The molecule has 0 bridgehead atoms. The first-order chi connectivity index (χ1) is 9.19. The van der Waals surface area contributed by atoms with Crippen LogP contribution in [-0.4, -0.2) is 17.5 Å². The van der Waals surface area contributed by atoms with Gasteiger partial charge in [-0.2, -0.15) is 0 Å². The number of nitrogens with zero attached hydrogens (tertiary/aromatic N) is 1. The smallest absolute Gasteiger partial charge is 0.256 e. The van der Waals surface area contributed by atoms with Crippen LogP contribution in [0.15, 0.2) is 42.6 Å². The standard InChI is InChI=1S/C14H13FN2O2/c1-2-19-12-5-3-4-10(8-12)14(18)17-13-7-6-11(15)9-16-13/h3-9H,2H2,1H3,(H,16,17,18). The molecule has 0 spiro atoms. The zero-order valence-electron chi connectivity index (χ0n) is 10.4. The quantitative estimate of drug-likeness (QED) is 0.919. The lowest BCUT2D eigenvalue weighted by molar-refractivity contribution is 0.102. The summed E-state index contributed by atoms with van der Waals surface area (Å²) in [6.07, 6.45) is 1.05. The largest absolute Gasteiger partial charge is 0.494 e. The van der Waals surface area contributed by atoms with Gasteiger partial charge in [0.05, 0.1) is 12.8 Å². The normalized spacial score (nSPS) is 10.0. The van der Waals surface area contributed by atoms with Crippen molar-refractivity contribution < 1.29 is 13.9 Å². The van der Waals surface area contributed by atoms with E-state index in [0.29, 0.717) is 23.7 Å². The fraction of sp³-hybridized carbons (Fsp3) is 0.143. The lowest BCUT2D eigenvalue weighted by Crippen LogP contribution is -2.13. The van der Waals surface area contributed by atoms with E-state index in [9.17, 15) is 9.18 Å². The summed E-state index contributed by atoms with van der Waals surface area (Å²) in [5.74, 6) is 0.160. The van der Waals surface area contributed by atoms with Crippen molar-refractivity contribution in [2.24, 2.45) is 0 Å². The molecule has 2 rings (SSSR count). The second-order valence-corrected chi connectivity index (χ2v) is 3.78. The molecule has 0 aliphatic rings. The molecule has 2 aromatic rings. The molecule has 1 heterocycles. The highest BCUT2D eigenvalue weighted by Crippen LogP contribution is 2.14. The van der Waals surface area contributed by atoms with Gasteiger partial charge in [-0.3, -0.25) is 4.79 Å². The molecule has 19 heavy (non-hydrogen) atoms. The summed E-state index contributed by atoms with van der Waals surface area (Å²) in [4.78, 5) is 15.7. The second kappa shape index (κ2) is 5.95. The maximum Gasteiger partial charge on any atom is 0.256 e. The molecule has 0 radical (unpaired) electrons. The molecular formula is C14H13FN2O2. The van der Waals surface area contributed by atoms with Gasteiger partial charge in [-0.1, -0.05) is 6.07 Å². The third kappa shape index (κ3) is 3.51. The second-order valence-electron chi connectivity index (χ2n) is 3.78. The summed E-state index contributed by atoms with van der Waals surface area (Å²) in [5, 5.41) is 2.58. The van der Waals surface area contributed by atoms with Crippen molar-refractivity contribution in [1.82, 2.24) is 4.98 Å². The van der Waals surface area contributed by atoms with Crippen molar-refractivity contribution in [3.63, 3.8) is 0 Å². The van der Waals surface area contributed by atoms with E-state index in [-0.39, 0.29) is 5.91 Å². The van der Waals surface area contributed by atoms with E-state index in [1.807, 2.05) is 6.92 Å². The SMILES string of the molecule is CCOc1cccc(C(=O)Nc2ccc(F)cn2)c1. The van der Waals surface area contributed by atoms with Gasteiger partial charge in [0.15, 0.2) is 0 Å². The minimum atomic E-state index is -0.448. The molecule has 98 valence electrons. The zero-order valence-corrected chi connectivity index (χ0v) is 10.4. The molecule has 1 amide bonds. The van der Waals surface area contributed by atoms with E-state index in [0.717, 1.165) is 6.20 Å². The summed E-state index contributed by atoms with van der Waals surface area (Å²) in [5.41, 5.74) is 0.456.